The largest absolute Gasteiger partial charge is 0.382 e. The first-order valence-electron chi connectivity index (χ1n) is 6.93. The molecule has 0 saturated heterocycles. The highest BCUT2D eigenvalue weighted by molar-refractivity contribution is 5.30. The molecule has 0 amide bonds. The van der Waals surface area contributed by atoms with Gasteiger partial charge in [-0.3, -0.25) is 0 Å². The summed E-state index contributed by atoms with van der Waals surface area (Å²) in [6.07, 6.45) is 3.88. The number of benzene rings is 1. The molecule has 1 aromatic carbocycles. The Morgan fingerprint density at radius 2 is 1.89 bits per heavy atom. The van der Waals surface area contributed by atoms with Crippen LogP contribution < -0.4 is 0 Å². The van der Waals surface area contributed by atoms with Crippen molar-refractivity contribution in [1.29, 1.82) is 0 Å². The molecule has 2 nitrogen and oxygen atoms in total. The molecule has 0 spiro atoms. The van der Waals surface area contributed by atoms with E-state index < -0.39 is 5.60 Å². The molecule has 1 fully saturated rings. The van der Waals surface area contributed by atoms with Gasteiger partial charge in [0.05, 0.1) is 6.10 Å². The second-order valence-electron chi connectivity index (χ2n) is 5.67. The fourth-order valence-corrected chi connectivity index (χ4v) is 2.92. The Labute approximate surface area is 110 Å². The van der Waals surface area contributed by atoms with Gasteiger partial charge in [-0.15, -0.1) is 0 Å². The lowest BCUT2D eigenvalue weighted by Crippen LogP contribution is -2.43. The van der Waals surface area contributed by atoms with Gasteiger partial charge in [-0.25, -0.2) is 0 Å². The maximum Gasteiger partial charge on any atom is 0.116 e. The summed E-state index contributed by atoms with van der Waals surface area (Å²) in [6.45, 7) is 4.37. The zero-order valence-corrected chi connectivity index (χ0v) is 11.6. The van der Waals surface area contributed by atoms with Crippen LogP contribution in [0.5, 0.6) is 0 Å². The van der Waals surface area contributed by atoms with Crippen LogP contribution in [0.25, 0.3) is 0 Å². The van der Waals surface area contributed by atoms with Gasteiger partial charge in [0.2, 0.25) is 0 Å². The van der Waals surface area contributed by atoms with Crippen LogP contribution in [0.4, 0.5) is 0 Å². The molecule has 1 aliphatic rings. The summed E-state index contributed by atoms with van der Waals surface area (Å²) in [6, 6.07) is 8.37. The summed E-state index contributed by atoms with van der Waals surface area (Å²) in [5.41, 5.74) is 1.51. The van der Waals surface area contributed by atoms with Gasteiger partial charge >= 0.3 is 0 Å². The van der Waals surface area contributed by atoms with Crippen LogP contribution in [0, 0.1) is 0 Å². The molecule has 100 valence electrons. The van der Waals surface area contributed by atoms with Crippen LogP contribution in [0.2, 0.25) is 0 Å². The lowest BCUT2D eigenvalue weighted by molar-refractivity contribution is -0.122. The summed E-state index contributed by atoms with van der Waals surface area (Å²) in [7, 11) is 1.70. The number of hydrogen-bond acceptors (Lipinski definition) is 2. The maximum atomic E-state index is 10.9. The fraction of sp³-hybridized carbons (Fsp3) is 0.625. The van der Waals surface area contributed by atoms with Crippen molar-refractivity contribution in [3.63, 3.8) is 0 Å². The summed E-state index contributed by atoms with van der Waals surface area (Å²) >= 11 is 0. The van der Waals surface area contributed by atoms with Crippen molar-refractivity contribution in [1.82, 2.24) is 0 Å². The lowest BCUT2D eigenvalue weighted by atomic mass is 9.77. The molecule has 0 radical (unpaired) electrons. The highest BCUT2D eigenvalue weighted by Gasteiger charge is 2.40. The minimum atomic E-state index is -0.803. The highest BCUT2D eigenvalue weighted by Crippen LogP contribution is 2.39. The van der Waals surface area contributed by atoms with E-state index in [2.05, 4.69) is 38.1 Å². The molecule has 0 bridgehead atoms. The first kappa shape index (κ1) is 13.6. The minimum Gasteiger partial charge on any atom is -0.382 e. The predicted molar refractivity (Wildman–Crippen MR) is 73.7 cm³/mol. The third-order valence-electron chi connectivity index (χ3n) is 4.17. The number of aliphatic hydroxyl groups is 1. The van der Waals surface area contributed by atoms with E-state index in [1.807, 2.05) is 0 Å². The topological polar surface area (TPSA) is 29.5 Å². The first-order chi connectivity index (χ1) is 8.58. The Hall–Kier alpha value is -0.860. The van der Waals surface area contributed by atoms with Gasteiger partial charge in [-0.1, -0.05) is 51.0 Å². The Kier molecular flexibility index (Phi) is 4.08. The number of hydrogen-bond donors (Lipinski definition) is 1. The van der Waals surface area contributed by atoms with Crippen molar-refractivity contribution < 1.29 is 9.84 Å². The predicted octanol–water partition coefficient (Wildman–Crippen LogP) is 3.59. The van der Waals surface area contributed by atoms with Gasteiger partial charge < -0.3 is 9.84 Å². The van der Waals surface area contributed by atoms with Gasteiger partial charge in [-0.2, -0.15) is 0 Å². The zero-order valence-electron chi connectivity index (χ0n) is 11.6. The fourth-order valence-electron chi connectivity index (χ4n) is 2.92. The second kappa shape index (κ2) is 5.41. The van der Waals surface area contributed by atoms with E-state index in [0.29, 0.717) is 5.92 Å². The molecule has 1 saturated carbocycles. The van der Waals surface area contributed by atoms with Crippen molar-refractivity contribution in [3.8, 4) is 0 Å². The Bertz CT molecular complexity index is 383. The van der Waals surface area contributed by atoms with Crippen LogP contribution >= 0.6 is 0 Å². The third-order valence-corrected chi connectivity index (χ3v) is 4.17. The Balaban J connectivity index is 2.27. The van der Waals surface area contributed by atoms with Gasteiger partial charge in [0.25, 0.3) is 0 Å². The molecule has 2 rings (SSSR count). The highest BCUT2D eigenvalue weighted by atomic mass is 16.5. The van der Waals surface area contributed by atoms with Crippen molar-refractivity contribution >= 4 is 0 Å². The molecule has 2 atom stereocenters. The molecule has 1 aromatic rings. The molecule has 0 heterocycles. The van der Waals surface area contributed by atoms with Gasteiger partial charge in [0.15, 0.2) is 0 Å². The van der Waals surface area contributed by atoms with E-state index in [1.165, 1.54) is 5.56 Å². The maximum absolute atomic E-state index is 10.9. The van der Waals surface area contributed by atoms with Crippen LogP contribution in [0.1, 0.15) is 56.6 Å². The number of ether oxygens (including phenoxy) is 1. The van der Waals surface area contributed by atoms with E-state index in [4.69, 9.17) is 4.74 Å². The van der Waals surface area contributed by atoms with E-state index in [0.717, 1.165) is 31.2 Å². The second-order valence-corrected chi connectivity index (χ2v) is 5.67. The van der Waals surface area contributed by atoms with E-state index >= 15 is 0 Å². The van der Waals surface area contributed by atoms with Crippen molar-refractivity contribution in [2.24, 2.45) is 0 Å². The quantitative estimate of drug-likeness (QED) is 0.886. The average Bonchev–Trinajstić information content (AvgIpc) is 2.39. The molecule has 2 unspecified atom stereocenters. The van der Waals surface area contributed by atoms with Crippen molar-refractivity contribution in [2.75, 3.05) is 7.11 Å². The molecule has 1 aliphatic carbocycles. The van der Waals surface area contributed by atoms with E-state index in [1.54, 1.807) is 7.11 Å². The Morgan fingerprint density at radius 3 is 2.44 bits per heavy atom. The van der Waals surface area contributed by atoms with Crippen LogP contribution in [-0.2, 0) is 10.3 Å². The molecule has 0 aromatic heterocycles. The summed E-state index contributed by atoms with van der Waals surface area (Å²) in [5.74, 6) is 0.526. The molecule has 18 heavy (non-hydrogen) atoms. The third kappa shape index (κ3) is 2.45. The zero-order chi connectivity index (χ0) is 13.2. The molecular formula is C16H24O2. The molecule has 1 N–H and O–H groups in total. The smallest absolute Gasteiger partial charge is 0.116 e. The summed E-state index contributed by atoms with van der Waals surface area (Å²) in [4.78, 5) is 0. The average molecular weight is 248 g/mol. The first-order valence-corrected chi connectivity index (χ1v) is 6.93. The SMILES string of the molecule is COC1CCCCC1(O)c1ccc(C(C)C)cc1. The standard InChI is InChI=1S/C16H24O2/c1-12(2)13-7-9-14(10-8-13)16(17)11-5-4-6-15(16)18-3/h7-10,12,15,17H,4-6,11H2,1-3H3. The Morgan fingerprint density at radius 1 is 1.22 bits per heavy atom. The van der Waals surface area contributed by atoms with E-state index in [-0.39, 0.29) is 6.10 Å². The van der Waals surface area contributed by atoms with Crippen LogP contribution in [-0.4, -0.2) is 18.3 Å². The summed E-state index contributed by atoms with van der Waals surface area (Å²) in [5, 5.41) is 10.9. The van der Waals surface area contributed by atoms with Crippen LogP contribution in [0.15, 0.2) is 24.3 Å². The summed E-state index contributed by atoms with van der Waals surface area (Å²) < 4.78 is 5.49. The lowest BCUT2D eigenvalue weighted by Gasteiger charge is -2.39. The minimum absolute atomic E-state index is 0.0730. The molecular weight excluding hydrogens is 224 g/mol. The van der Waals surface area contributed by atoms with Gasteiger partial charge in [0, 0.05) is 7.11 Å². The molecule has 2 heteroatoms. The van der Waals surface area contributed by atoms with E-state index in [9.17, 15) is 5.11 Å². The monoisotopic (exact) mass is 248 g/mol. The molecule has 0 aliphatic heterocycles. The number of methoxy groups -OCH3 is 1. The van der Waals surface area contributed by atoms with Crippen molar-refractivity contribution in [2.45, 2.75) is 57.2 Å². The normalized spacial score (nSPS) is 28.6. The van der Waals surface area contributed by atoms with Crippen molar-refractivity contribution in [3.05, 3.63) is 35.4 Å². The number of rotatable bonds is 3. The van der Waals surface area contributed by atoms with Crippen LogP contribution in [0.3, 0.4) is 0 Å². The van der Waals surface area contributed by atoms with Gasteiger partial charge in [0.1, 0.15) is 5.60 Å². The van der Waals surface area contributed by atoms with Gasteiger partial charge in [-0.05, 0) is 29.9 Å².